The fourth-order valence-electron chi connectivity index (χ4n) is 5.94. The summed E-state index contributed by atoms with van der Waals surface area (Å²) in [5.41, 5.74) is 0.958. The average Bonchev–Trinajstić information content (AvgIpc) is 2.90. The van der Waals surface area contributed by atoms with Gasteiger partial charge in [0.1, 0.15) is 25.1 Å². The van der Waals surface area contributed by atoms with Crippen molar-refractivity contribution >= 4 is 5.82 Å². The van der Waals surface area contributed by atoms with E-state index in [0.717, 1.165) is 19.3 Å². The Bertz CT molecular complexity index is 1330. The predicted molar refractivity (Wildman–Crippen MR) is 134 cm³/mol. The number of benzene rings is 1. The van der Waals surface area contributed by atoms with Gasteiger partial charge in [0.15, 0.2) is 17.4 Å². The van der Waals surface area contributed by atoms with Crippen molar-refractivity contribution in [3.63, 3.8) is 0 Å². The van der Waals surface area contributed by atoms with E-state index in [2.05, 4.69) is 37.6 Å². The predicted octanol–water partition coefficient (Wildman–Crippen LogP) is 3.31. The lowest BCUT2D eigenvalue weighted by Crippen LogP contribution is -2.72. The van der Waals surface area contributed by atoms with Crippen LogP contribution in [0.4, 0.5) is 10.2 Å². The van der Waals surface area contributed by atoms with Crippen molar-refractivity contribution in [3.8, 4) is 40.0 Å². The Labute approximate surface area is 214 Å². The number of aromatic hydroxyl groups is 1. The number of rotatable bonds is 4. The molecular formula is C26H30FN7O3. The van der Waals surface area contributed by atoms with Crippen LogP contribution in [-0.2, 0) is 0 Å². The monoisotopic (exact) mass is 507 g/mol. The second-order valence-electron chi connectivity index (χ2n) is 10.7. The van der Waals surface area contributed by atoms with Crippen molar-refractivity contribution in [2.45, 2.75) is 62.8 Å². The van der Waals surface area contributed by atoms with Crippen molar-refractivity contribution < 1.29 is 19.0 Å². The molecule has 2 N–H and O–H groups in total. The molecule has 3 aliphatic heterocycles. The van der Waals surface area contributed by atoms with Gasteiger partial charge in [-0.15, -0.1) is 20.4 Å². The maximum Gasteiger partial charge on any atom is 0.276 e. The van der Waals surface area contributed by atoms with Gasteiger partial charge in [0, 0.05) is 29.8 Å². The molecule has 0 amide bonds. The van der Waals surface area contributed by atoms with E-state index in [1.165, 1.54) is 0 Å². The Morgan fingerprint density at radius 2 is 1.92 bits per heavy atom. The van der Waals surface area contributed by atoms with Gasteiger partial charge in [-0.25, -0.2) is 9.37 Å². The topological polar surface area (TPSA) is 118 Å². The van der Waals surface area contributed by atoms with Gasteiger partial charge in [-0.1, -0.05) is 6.07 Å². The second-order valence-corrected chi connectivity index (χ2v) is 10.7. The Hall–Kier alpha value is -3.60. The molecule has 0 unspecified atom stereocenters. The maximum absolute atomic E-state index is 15.6. The van der Waals surface area contributed by atoms with E-state index in [1.807, 2.05) is 18.9 Å². The lowest BCUT2D eigenvalue weighted by atomic mass is 9.68. The molecule has 0 aliphatic carbocycles. The van der Waals surface area contributed by atoms with Crippen molar-refractivity contribution in [1.29, 1.82) is 0 Å². The van der Waals surface area contributed by atoms with Gasteiger partial charge in [-0.05, 0) is 51.7 Å². The SMILES string of the molecule is CN(c1cnc(-c2ccc(-c3cc4c(nn3)OCCO4)cc2O)nn1)[C@@H]1C[C@@]2(C)CCC[C@](C)(N2)[C@@H]1F. The summed E-state index contributed by atoms with van der Waals surface area (Å²) in [5.74, 6) is 1.62. The zero-order chi connectivity index (χ0) is 25.8. The first-order chi connectivity index (χ1) is 17.7. The molecule has 2 fully saturated rings. The van der Waals surface area contributed by atoms with Crippen LogP contribution in [-0.4, -0.2) is 74.0 Å². The fourth-order valence-corrected chi connectivity index (χ4v) is 5.94. The third-order valence-corrected chi connectivity index (χ3v) is 7.87. The largest absolute Gasteiger partial charge is 0.507 e. The highest BCUT2D eigenvalue weighted by Crippen LogP contribution is 2.43. The smallest absolute Gasteiger partial charge is 0.276 e. The lowest BCUT2D eigenvalue weighted by molar-refractivity contribution is 0.00193. The first-order valence-electron chi connectivity index (χ1n) is 12.6. The number of phenols is 1. The van der Waals surface area contributed by atoms with E-state index in [0.29, 0.717) is 53.9 Å². The number of halogens is 1. The summed E-state index contributed by atoms with van der Waals surface area (Å²) in [4.78, 5) is 6.29. The van der Waals surface area contributed by atoms with E-state index in [1.54, 1.807) is 30.5 Å². The van der Waals surface area contributed by atoms with Crippen LogP contribution < -0.4 is 19.7 Å². The lowest BCUT2D eigenvalue weighted by Gasteiger charge is -2.56. The quantitative estimate of drug-likeness (QED) is 0.544. The Morgan fingerprint density at radius 3 is 2.70 bits per heavy atom. The number of nitrogens with zero attached hydrogens (tertiary/aromatic N) is 6. The summed E-state index contributed by atoms with van der Waals surface area (Å²) in [7, 11) is 1.84. The molecular weight excluding hydrogens is 477 g/mol. The van der Waals surface area contributed by atoms with Crippen LogP contribution in [0.25, 0.3) is 22.6 Å². The molecule has 11 heteroatoms. The fraction of sp³-hybridized carbons (Fsp3) is 0.500. The number of ether oxygens (including phenoxy) is 2. The first-order valence-corrected chi connectivity index (χ1v) is 12.6. The van der Waals surface area contributed by atoms with Crippen LogP contribution >= 0.6 is 0 Å². The highest BCUT2D eigenvalue weighted by atomic mass is 19.1. The van der Waals surface area contributed by atoms with Gasteiger partial charge in [0.2, 0.25) is 0 Å². The third-order valence-electron chi connectivity index (χ3n) is 7.87. The van der Waals surface area contributed by atoms with Gasteiger partial charge in [-0.2, -0.15) is 0 Å². The molecule has 194 valence electrons. The summed E-state index contributed by atoms with van der Waals surface area (Å²) in [6.07, 6.45) is 4.06. The van der Waals surface area contributed by atoms with Crippen LogP contribution in [0.2, 0.25) is 0 Å². The maximum atomic E-state index is 15.6. The number of alkyl halides is 1. The van der Waals surface area contributed by atoms with Gasteiger partial charge >= 0.3 is 0 Å². The molecule has 10 nitrogen and oxygen atoms in total. The van der Waals surface area contributed by atoms with Gasteiger partial charge in [0.25, 0.3) is 5.88 Å². The van der Waals surface area contributed by atoms with Gasteiger partial charge in [-0.3, -0.25) is 0 Å². The van der Waals surface area contributed by atoms with Crippen molar-refractivity contribution in [3.05, 3.63) is 30.5 Å². The summed E-state index contributed by atoms with van der Waals surface area (Å²) >= 11 is 0. The summed E-state index contributed by atoms with van der Waals surface area (Å²) in [5, 5.41) is 31.1. The number of nitrogens with one attached hydrogen (secondary N) is 1. The van der Waals surface area contributed by atoms with Crippen LogP contribution in [0.3, 0.4) is 0 Å². The minimum atomic E-state index is -1.05. The first kappa shape index (κ1) is 23.8. The van der Waals surface area contributed by atoms with Gasteiger partial charge in [0.05, 0.1) is 23.5 Å². The number of fused-ring (bicyclic) bond motifs is 3. The summed E-state index contributed by atoms with van der Waals surface area (Å²) in [6.45, 7) is 5.03. The third kappa shape index (κ3) is 4.20. The van der Waals surface area contributed by atoms with Crippen LogP contribution in [0, 0.1) is 0 Å². The molecule has 1 aromatic carbocycles. The molecule has 6 rings (SSSR count). The molecule has 0 spiro atoms. The molecule has 2 bridgehead atoms. The molecule has 4 atom stereocenters. The average molecular weight is 508 g/mol. The summed E-state index contributed by atoms with van der Waals surface area (Å²) in [6, 6.07) is 6.46. The number of piperidine rings is 2. The minimum Gasteiger partial charge on any atom is -0.507 e. The minimum absolute atomic E-state index is 0.0204. The molecule has 2 saturated heterocycles. The van der Waals surface area contributed by atoms with Crippen molar-refractivity contribution in [1.82, 2.24) is 30.7 Å². The van der Waals surface area contributed by atoms with E-state index < -0.39 is 11.7 Å². The highest BCUT2D eigenvalue weighted by molar-refractivity contribution is 5.72. The van der Waals surface area contributed by atoms with Crippen LogP contribution in [0.15, 0.2) is 30.5 Å². The second kappa shape index (κ2) is 8.76. The number of anilines is 1. The molecule has 5 heterocycles. The molecule has 2 aromatic heterocycles. The molecule has 0 saturated carbocycles. The highest BCUT2D eigenvalue weighted by Gasteiger charge is 2.53. The number of aromatic nitrogens is 5. The number of hydrogen-bond donors (Lipinski definition) is 2. The summed E-state index contributed by atoms with van der Waals surface area (Å²) < 4.78 is 26.6. The van der Waals surface area contributed by atoms with Crippen LogP contribution in [0.5, 0.6) is 17.4 Å². The standard InChI is InChI=1S/C26H30FN7O3/c1-25-7-4-8-26(2,33-25)22(27)18(13-25)34(3)21-14-28-23(31-30-21)16-6-5-15(11-19(16)35)17-12-20-24(32-29-17)37-10-9-36-20/h5-6,11-12,14,18,22,33,35H,4,7-10,13H2,1-3H3/t18-,22-,25-,26+/m1/s1. The van der Waals surface area contributed by atoms with Gasteiger partial charge < -0.3 is 24.8 Å². The molecule has 3 aliphatic rings. The zero-order valence-electron chi connectivity index (χ0n) is 21.1. The number of hydrogen-bond acceptors (Lipinski definition) is 10. The number of phenolic OH excluding ortho intramolecular Hbond substituents is 1. The van der Waals surface area contributed by atoms with E-state index in [4.69, 9.17) is 9.47 Å². The zero-order valence-corrected chi connectivity index (χ0v) is 21.1. The van der Waals surface area contributed by atoms with Crippen molar-refractivity contribution in [2.24, 2.45) is 0 Å². The molecule has 3 aromatic rings. The van der Waals surface area contributed by atoms with E-state index in [-0.39, 0.29) is 23.2 Å². The Kier molecular flexibility index (Phi) is 5.63. The molecule has 0 radical (unpaired) electrons. The Balaban J connectivity index is 1.22. The van der Waals surface area contributed by atoms with E-state index >= 15 is 4.39 Å². The van der Waals surface area contributed by atoms with E-state index in [9.17, 15) is 5.11 Å². The van der Waals surface area contributed by atoms with Crippen molar-refractivity contribution in [2.75, 3.05) is 25.2 Å². The normalized spacial score (nSPS) is 28.5. The van der Waals surface area contributed by atoms with Crippen LogP contribution in [0.1, 0.15) is 39.5 Å². The molecule has 37 heavy (non-hydrogen) atoms. The Morgan fingerprint density at radius 1 is 1.08 bits per heavy atom.